The fourth-order valence-corrected chi connectivity index (χ4v) is 7.50. The molecule has 13 N–H and O–H groups in total. The molecule has 4 unspecified atom stereocenters. The lowest BCUT2D eigenvalue weighted by Crippen LogP contribution is -2.65. The Morgan fingerprint density at radius 2 is 1.48 bits per heavy atom. The Hall–Kier alpha value is -5.75. The van der Waals surface area contributed by atoms with Crippen LogP contribution in [0.15, 0.2) is 23.5 Å². The van der Waals surface area contributed by atoms with Crippen molar-refractivity contribution in [1.29, 1.82) is 5.41 Å². The van der Waals surface area contributed by atoms with Gasteiger partial charge in [-0.15, -0.1) is 11.8 Å². The number of thioether (sulfide) groups is 1. The van der Waals surface area contributed by atoms with Gasteiger partial charge in [0.05, 0.1) is 26.3 Å². The van der Waals surface area contributed by atoms with E-state index in [9.17, 15) is 53.5 Å². The summed E-state index contributed by atoms with van der Waals surface area (Å²) in [5, 5.41) is 46.5. The van der Waals surface area contributed by atoms with Gasteiger partial charge in [0.2, 0.25) is 35.5 Å². The van der Waals surface area contributed by atoms with Crippen LogP contribution in [0.3, 0.4) is 0 Å². The molecule has 1 spiro atoms. The van der Waals surface area contributed by atoms with E-state index in [1.54, 1.807) is 13.8 Å². The standard InChI is InChI=1S/C40H65N11O12S/c1-5-25-33(55)44-20-31(54)45-27(37(59)60)21-63-23-40(38(61)48-25)50-36(58)32(24(3)4)49-34(56)26(6-2)47-35(57)28(22-64-40)46-30(53)19-43-29(52)17-15-13-11-9-7-8-10-12-14-16-18-51(62)39(41)42/h5-6,24,27-28,32,62H,7-23H2,1-4H3,(H3,41,42)(H,43,52)(H,44,55)(H,45,54)(H,46,53)(H,47,57)(H,48,61)(H,49,56)(H,50,58)(H,59,60)/b25-5-,26-6-. The normalized spacial score (nSPS) is 23.1. The molecule has 8 amide bonds. The number of carboxylic acid groups (broad SMARTS) is 1. The van der Waals surface area contributed by atoms with Gasteiger partial charge in [0.25, 0.3) is 17.7 Å². The van der Waals surface area contributed by atoms with Gasteiger partial charge in [0.1, 0.15) is 23.5 Å². The van der Waals surface area contributed by atoms with Gasteiger partial charge in [-0.3, -0.25) is 49.0 Å². The summed E-state index contributed by atoms with van der Waals surface area (Å²) in [4.78, 5) is 117. The van der Waals surface area contributed by atoms with Crippen LogP contribution in [0.5, 0.6) is 0 Å². The Labute approximate surface area is 376 Å². The Morgan fingerprint density at radius 1 is 0.891 bits per heavy atom. The number of amides is 8. The van der Waals surface area contributed by atoms with E-state index in [1.165, 1.54) is 26.0 Å². The molecule has 0 radical (unpaired) electrons. The van der Waals surface area contributed by atoms with Crippen LogP contribution in [0.2, 0.25) is 0 Å². The molecule has 0 aromatic heterocycles. The average molecular weight is 924 g/mol. The van der Waals surface area contributed by atoms with E-state index < -0.39 is 114 Å². The Morgan fingerprint density at radius 3 is 2.06 bits per heavy atom. The number of rotatable bonds is 18. The van der Waals surface area contributed by atoms with Gasteiger partial charge in [-0.2, -0.15) is 0 Å². The topological polar surface area (TPSA) is 353 Å². The van der Waals surface area contributed by atoms with Crippen LogP contribution >= 0.6 is 11.8 Å². The molecule has 2 heterocycles. The van der Waals surface area contributed by atoms with E-state index in [4.69, 9.17) is 15.9 Å². The number of nitrogens with zero attached hydrogens (tertiary/aromatic N) is 1. The predicted octanol–water partition coefficient (Wildman–Crippen LogP) is -1.08. The lowest BCUT2D eigenvalue weighted by atomic mass is 10.0. The van der Waals surface area contributed by atoms with E-state index in [-0.39, 0.29) is 23.8 Å². The highest BCUT2D eigenvalue weighted by Crippen LogP contribution is 2.27. The number of hydrogen-bond acceptors (Lipinski definition) is 13. The molecule has 23 nitrogen and oxygen atoms in total. The third-order valence-corrected chi connectivity index (χ3v) is 11.4. The maximum Gasteiger partial charge on any atom is 0.328 e. The molecule has 0 aromatic carbocycles. The minimum absolute atomic E-state index is 0.155. The highest BCUT2D eigenvalue weighted by Gasteiger charge is 2.46. The molecule has 4 atom stereocenters. The molecular formula is C40H65N11O12S. The van der Waals surface area contributed by atoms with Crippen molar-refractivity contribution in [3.05, 3.63) is 23.5 Å². The Bertz CT molecular complexity index is 1760. The second kappa shape index (κ2) is 28.1. The highest BCUT2D eigenvalue weighted by molar-refractivity contribution is 8.01. The van der Waals surface area contributed by atoms with Crippen molar-refractivity contribution in [3.63, 3.8) is 0 Å². The van der Waals surface area contributed by atoms with Gasteiger partial charge in [-0.1, -0.05) is 77.4 Å². The number of guanidine groups is 1. The first-order chi connectivity index (χ1) is 30.3. The third kappa shape index (κ3) is 18.9. The maximum absolute atomic E-state index is 14.3. The number of hydrogen-bond donors (Lipinski definition) is 12. The summed E-state index contributed by atoms with van der Waals surface area (Å²) in [6, 6.07) is -4.50. The van der Waals surface area contributed by atoms with Crippen molar-refractivity contribution < 1.29 is 58.2 Å². The molecule has 2 aliphatic rings. The number of nitrogens with one attached hydrogen (secondary N) is 9. The molecule has 2 rings (SSSR count). The van der Waals surface area contributed by atoms with Crippen molar-refractivity contribution in [2.45, 2.75) is 121 Å². The summed E-state index contributed by atoms with van der Waals surface area (Å²) < 4.78 is 5.69. The fraction of sp³-hybridized carbons (Fsp3) is 0.650. The zero-order valence-corrected chi connectivity index (χ0v) is 37.7. The van der Waals surface area contributed by atoms with Crippen molar-refractivity contribution >= 4 is 70.9 Å². The van der Waals surface area contributed by atoms with Gasteiger partial charge in [0, 0.05) is 18.7 Å². The maximum atomic E-state index is 14.3. The predicted molar refractivity (Wildman–Crippen MR) is 233 cm³/mol. The molecule has 2 fully saturated rings. The smallest absolute Gasteiger partial charge is 0.328 e. The van der Waals surface area contributed by atoms with Gasteiger partial charge in [0.15, 0.2) is 10.9 Å². The lowest BCUT2D eigenvalue weighted by Gasteiger charge is -2.36. The Kier molecular flexibility index (Phi) is 23.9. The number of hydroxylamine groups is 2. The molecule has 2 aliphatic heterocycles. The molecule has 0 aromatic rings. The van der Waals surface area contributed by atoms with Crippen molar-refractivity contribution in [1.82, 2.24) is 47.6 Å². The van der Waals surface area contributed by atoms with Gasteiger partial charge in [-0.25, -0.2) is 9.86 Å². The summed E-state index contributed by atoms with van der Waals surface area (Å²) >= 11 is 0.601. The van der Waals surface area contributed by atoms with E-state index in [2.05, 4.69) is 42.5 Å². The van der Waals surface area contributed by atoms with Crippen LogP contribution in [0.4, 0.5) is 0 Å². The second-order valence-corrected chi connectivity index (χ2v) is 16.8. The number of nitrogens with two attached hydrogens (primary N) is 1. The average Bonchev–Trinajstić information content (AvgIpc) is 3.25. The first-order valence-corrected chi connectivity index (χ1v) is 22.3. The number of carboxylic acids is 1. The molecule has 64 heavy (non-hydrogen) atoms. The Balaban J connectivity index is 2.21. The van der Waals surface area contributed by atoms with Crippen LogP contribution in [-0.2, 0) is 47.9 Å². The summed E-state index contributed by atoms with van der Waals surface area (Å²) in [6.45, 7) is 3.71. The molecular weight excluding hydrogens is 859 g/mol. The minimum Gasteiger partial charge on any atom is -0.480 e. The van der Waals surface area contributed by atoms with Crippen LogP contribution < -0.4 is 48.3 Å². The van der Waals surface area contributed by atoms with Crippen molar-refractivity contribution in [2.24, 2.45) is 11.7 Å². The lowest BCUT2D eigenvalue weighted by molar-refractivity contribution is -0.144. The van der Waals surface area contributed by atoms with E-state index >= 15 is 0 Å². The zero-order chi connectivity index (χ0) is 47.8. The van der Waals surface area contributed by atoms with Crippen LogP contribution in [-0.4, -0.2) is 136 Å². The first-order valence-electron chi connectivity index (χ1n) is 21.3. The molecule has 0 bridgehead atoms. The van der Waals surface area contributed by atoms with Gasteiger partial charge >= 0.3 is 5.97 Å². The molecule has 24 heteroatoms. The number of ether oxygens (including phenoxy) is 1. The zero-order valence-electron chi connectivity index (χ0n) is 36.9. The number of allylic oxidation sites excluding steroid dienone is 2. The second-order valence-electron chi connectivity index (χ2n) is 15.5. The van der Waals surface area contributed by atoms with Crippen LogP contribution in [0, 0.1) is 11.3 Å². The molecule has 2 saturated heterocycles. The fourth-order valence-electron chi connectivity index (χ4n) is 6.29. The molecule has 0 saturated carbocycles. The van der Waals surface area contributed by atoms with E-state index in [1.807, 2.05) is 0 Å². The summed E-state index contributed by atoms with van der Waals surface area (Å²) in [7, 11) is 0. The quantitative estimate of drug-likeness (QED) is 0.0256. The summed E-state index contributed by atoms with van der Waals surface area (Å²) in [6.07, 6.45) is 11.8. The SMILES string of the molecule is C/C=C1\NC(=O)C(NC(=O)CNC(=O)CCCCCCCCCCCCN(O)C(=N)N)CSC2(COCC(C(=O)O)NC(=O)CNC(=O)/C(=C/C)NC2=O)NC(=O)C(C(C)C)NC1=O. The number of aliphatic carboxylic acids is 1. The molecule has 0 aliphatic carbocycles. The molecule has 358 valence electrons. The van der Waals surface area contributed by atoms with E-state index in [0.29, 0.717) is 24.7 Å². The first kappa shape index (κ1) is 54.4. The number of carbonyl (C=O) groups excluding carboxylic acids is 8. The van der Waals surface area contributed by atoms with Gasteiger partial charge in [-0.05, 0) is 32.6 Å². The monoisotopic (exact) mass is 923 g/mol. The highest BCUT2D eigenvalue weighted by atomic mass is 32.2. The summed E-state index contributed by atoms with van der Waals surface area (Å²) in [5.74, 6) is -9.74. The number of carbonyl (C=O) groups is 9. The third-order valence-electron chi connectivity index (χ3n) is 10.0. The van der Waals surface area contributed by atoms with Gasteiger partial charge < -0.3 is 58.1 Å². The summed E-state index contributed by atoms with van der Waals surface area (Å²) in [5.41, 5.74) is 4.59. The van der Waals surface area contributed by atoms with Crippen molar-refractivity contribution in [2.75, 3.05) is 38.6 Å². The van der Waals surface area contributed by atoms with Crippen molar-refractivity contribution in [3.8, 4) is 0 Å². The number of unbranched alkanes of at least 4 members (excludes halogenated alkanes) is 9. The minimum atomic E-state index is -2.29. The van der Waals surface area contributed by atoms with Crippen LogP contribution in [0.25, 0.3) is 0 Å². The van der Waals surface area contributed by atoms with Crippen LogP contribution in [0.1, 0.15) is 98.3 Å². The largest absolute Gasteiger partial charge is 0.480 e. The van der Waals surface area contributed by atoms with E-state index in [0.717, 1.165) is 62.9 Å².